The number of aromatic nitrogens is 1. The van der Waals surface area contributed by atoms with Crippen LogP contribution in [0.2, 0.25) is 0 Å². The van der Waals surface area contributed by atoms with E-state index < -0.39 is 0 Å². The van der Waals surface area contributed by atoms with Gasteiger partial charge in [0.1, 0.15) is 10.8 Å². The molecule has 3 nitrogen and oxygen atoms in total. The molecule has 1 aromatic carbocycles. The Labute approximate surface area is 129 Å². The zero-order valence-electron chi connectivity index (χ0n) is 11.9. The summed E-state index contributed by atoms with van der Waals surface area (Å²) in [5.74, 6) is -0.308. The van der Waals surface area contributed by atoms with Gasteiger partial charge < -0.3 is 10.6 Å². The second-order valence-electron chi connectivity index (χ2n) is 5.06. The van der Waals surface area contributed by atoms with Crippen molar-refractivity contribution in [1.82, 2.24) is 9.88 Å². The molecule has 0 fully saturated rings. The van der Waals surface area contributed by atoms with Crippen LogP contribution in [0, 0.1) is 5.82 Å². The molecule has 0 atom stereocenters. The van der Waals surface area contributed by atoms with E-state index in [1.807, 2.05) is 25.2 Å². The lowest BCUT2D eigenvalue weighted by Gasteiger charge is -2.17. The summed E-state index contributed by atoms with van der Waals surface area (Å²) in [6.07, 6.45) is 4.50. The van der Waals surface area contributed by atoms with Crippen LogP contribution in [0.3, 0.4) is 0 Å². The van der Waals surface area contributed by atoms with Crippen molar-refractivity contribution >= 4 is 17.2 Å². The predicted octanol–water partition coefficient (Wildman–Crippen LogP) is 2.53. The lowest BCUT2D eigenvalue weighted by atomic mass is 10.1. The lowest BCUT2D eigenvalue weighted by Crippen LogP contribution is -2.21. The van der Waals surface area contributed by atoms with Gasteiger partial charge in [0.15, 0.2) is 0 Å². The highest BCUT2D eigenvalue weighted by Crippen LogP contribution is 2.12. The van der Waals surface area contributed by atoms with E-state index in [0.29, 0.717) is 12.1 Å². The molecule has 2 aromatic rings. The molecule has 0 saturated heterocycles. The van der Waals surface area contributed by atoms with Crippen LogP contribution < -0.4 is 5.73 Å². The van der Waals surface area contributed by atoms with E-state index in [9.17, 15) is 4.39 Å². The molecule has 0 unspecified atom stereocenters. The van der Waals surface area contributed by atoms with Crippen LogP contribution in [0.4, 0.5) is 4.39 Å². The Balaban J connectivity index is 1.96. The second-order valence-corrected chi connectivity index (χ2v) is 5.50. The van der Waals surface area contributed by atoms with Gasteiger partial charge in [-0.2, -0.15) is 0 Å². The van der Waals surface area contributed by atoms with Crippen molar-refractivity contribution in [2.45, 2.75) is 13.0 Å². The van der Waals surface area contributed by atoms with Crippen molar-refractivity contribution in [2.75, 3.05) is 13.6 Å². The number of thiocarbonyl (C=S) groups is 1. The maximum atomic E-state index is 13.5. The predicted molar refractivity (Wildman–Crippen MR) is 86.6 cm³/mol. The maximum absolute atomic E-state index is 13.5. The van der Waals surface area contributed by atoms with Crippen LogP contribution in [0.25, 0.3) is 0 Å². The first-order chi connectivity index (χ1) is 10.0. The average molecular weight is 303 g/mol. The number of likely N-dealkylation sites (N-methyl/N-ethyl adjacent to an activating group) is 1. The van der Waals surface area contributed by atoms with Gasteiger partial charge in [-0.05, 0) is 54.9 Å². The van der Waals surface area contributed by atoms with Crippen LogP contribution in [-0.4, -0.2) is 28.5 Å². The number of benzene rings is 1. The zero-order chi connectivity index (χ0) is 15.2. The summed E-state index contributed by atoms with van der Waals surface area (Å²) in [5.41, 5.74) is 8.24. The van der Waals surface area contributed by atoms with Gasteiger partial charge in [-0.3, -0.25) is 4.98 Å². The third kappa shape index (κ3) is 4.88. The number of halogens is 1. The average Bonchev–Trinajstić information content (AvgIpc) is 2.45. The van der Waals surface area contributed by atoms with Crippen molar-refractivity contribution < 1.29 is 4.39 Å². The van der Waals surface area contributed by atoms with E-state index in [1.165, 1.54) is 17.7 Å². The summed E-state index contributed by atoms with van der Waals surface area (Å²) < 4.78 is 13.5. The number of pyridine rings is 1. The third-order valence-electron chi connectivity index (χ3n) is 3.23. The van der Waals surface area contributed by atoms with Crippen molar-refractivity contribution in [3.63, 3.8) is 0 Å². The standard InChI is InChI=1S/C16H18FN3S/c1-20(7-4-12-2-5-19-6-3-12)11-13-8-14(16(18)21)10-15(17)9-13/h2-3,5-6,8-10H,4,7,11H2,1H3,(H2,18,21). The van der Waals surface area contributed by atoms with Crippen LogP contribution in [0.15, 0.2) is 42.7 Å². The smallest absolute Gasteiger partial charge is 0.124 e. The van der Waals surface area contributed by atoms with Gasteiger partial charge in [0.25, 0.3) is 0 Å². The minimum Gasteiger partial charge on any atom is -0.389 e. The summed E-state index contributed by atoms with van der Waals surface area (Å²) >= 11 is 4.90. The highest BCUT2D eigenvalue weighted by Gasteiger charge is 2.06. The molecule has 5 heteroatoms. The molecule has 21 heavy (non-hydrogen) atoms. The van der Waals surface area contributed by atoms with Gasteiger partial charge in [-0.1, -0.05) is 12.2 Å². The number of nitrogens with two attached hydrogens (primary N) is 1. The quantitative estimate of drug-likeness (QED) is 0.833. The highest BCUT2D eigenvalue weighted by atomic mass is 32.1. The van der Waals surface area contributed by atoms with Crippen LogP contribution in [0.5, 0.6) is 0 Å². The summed E-state index contributed by atoms with van der Waals surface area (Å²) in [7, 11) is 2.01. The van der Waals surface area contributed by atoms with Gasteiger partial charge in [-0.15, -0.1) is 0 Å². The molecule has 0 aliphatic heterocycles. The summed E-state index contributed by atoms with van der Waals surface area (Å²) in [6, 6.07) is 8.73. The Morgan fingerprint density at radius 2 is 1.95 bits per heavy atom. The van der Waals surface area contributed by atoms with E-state index in [1.54, 1.807) is 12.4 Å². The number of rotatable bonds is 6. The Morgan fingerprint density at radius 3 is 2.62 bits per heavy atom. The zero-order valence-corrected chi connectivity index (χ0v) is 12.7. The Kier molecular flexibility index (Phi) is 5.36. The largest absolute Gasteiger partial charge is 0.389 e. The van der Waals surface area contributed by atoms with Gasteiger partial charge in [0.2, 0.25) is 0 Å². The normalized spacial score (nSPS) is 10.8. The van der Waals surface area contributed by atoms with Gasteiger partial charge in [0.05, 0.1) is 0 Å². The van der Waals surface area contributed by atoms with Gasteiger partial charge in [0, 0.05) is 31.0 Å². The summed E-state index contributed by atoms with van der Waals surface area (Å²) in [6.45, 7) is 1.53. The minimum absolute atomic E-state index is 0.218. The first-order valence-corrected chi connectivity index (χ1v) is 7.12. The Morgan fingerprint density at radius 1 is 1.24 bits per heavy atom. The Hall–Kier alpha value is -1.85. The number of hydrogen-bond acceptors (Lipinski definition) is 3. The molecule has 0 amide bonds. The van der Waals surface area contributed by atoms with Crippen molar-refractivity contribution in [3.8, 4) is 0 Å². The minimum atomic E-state index is -0.308. The topological polar surface area (TPSA) is 42.2 Å². The molecular formula is C16H18FN3S. The third-order valence-corrected chi connectivity index (χ3v) is 3.46. The molecule has 0 aliphatic rings. The molecule has 2 rings (SSSR count). The number of nitrogens with zero attached hydrogens (tertiary/aromatic N) is 2. The SMILES string of the molecule is CN(CCc1ccncc1)Cc1cc(F)cc(C(N)=S)c1. The summed E-state index contributed by atoms with van der Waals surface area (Å²) in [4.78, 5) is 6.35. The molecule has 0 aliphatic carbocycles. The van der Waals surface area contributed by atoms with E-state index in [0.717, 1.165) is 18.5 Å². The van der Waals surface area contributed by atoms with E-state index in [4.69, 9.17) is 18.0 Å². The first-order valence-electron chi connectivity index (χ1n) is 6.71. The Bertz CT molecular complexity index is 616. The highest BCUT2D eigenvalue weighted by molar-refractivity contribution is 7.80. The first kappa shape index (κ1) is 15.5. The fourth-order valence-corrected chi connectivity index (χ4v) is 2.26. The van der Waals surface area contributed by atoms with Gasteiger partial charge >= 0.3 is 0 Å². The molecule has 2 N–H and O–H groups in total. The molecule has 0 saturated carbocycles. The van der Waals surface area contributed by atoms with E-state index in [-0.39, 0.29) is 10.8 Å². The van der Waals surface area contributed by atoms with Crippen LogP contribution >= 0.6 is 12.2 Å². The van der Waals surface area contributed by atoms with E-state index in [2.05, 4.69) is 9.88 Å². The second kappa shape index (κ2) is 7.24. The van der Waals surface area contributed by atoms with Crippen molar-refractivity contribution in [3.05, 3.63) is 65.2 Å². The van der Waals surface area contributed by atoms with Crippen LogP contribution in [-0.2, 0) is 13.0 Å². The summed E-state index contributed by atoms with van der Waals surface area (Å²) in [5, 5.41) is 0. The van der Waals surface area contributed by atoms with E-state index >= 15 is 0 Å². The molecule has 0 bridgehead atoms. The molecular weight excluding hydrogens is 285 g/mol. The van der Waals surface area contributed by atoms with Crippen molar-refractivity contribution in [1.29, 1.82) is 0 Å². The fraction of sp³-hybridized carbons (Fsp3) is 0.250. The number of hydrogen-bond donors (Lipinski definition) is 1. The van der Waals surface area contributed by atoms with Crippen LogP contribution in [0.1, 0.15) is 16.7 Å². The monoisotopic (exact) mass is 303 g/mol. The van der Waals surface area contributed by atoms with Gasteiger partial charge in [-0.25, -0.2) is 4.39 Å². The molecule has 0 radical (unpaired) electrons. The lowest BCUT2D eigenvalue weighted by molar-refractivity contribution is 0.330. The molecule has 0 spiro atoms. The van der Waals surface area contributed by atoms with Crippen molar-refractivity contribution in [2.24, 2.45) is 5.73 Å². The molecule has 110 valence electrons. The fourth-order valence-electron chi connectivity index (χ4n) is 2.14. The molecule has 1 aromatic heterocycles. The molecule has 1 heterocycles. The maximum Gasteiger partial charge on any atom is 0.124 e.